The molecule has 140 valence electrons. The van der Waals surface area contributed by atoms with Crippen LogP contribution in [0.3, 0.4) is 0 Å². The number of rotatable bonds is 5. The van der Waals surface area contributed by atoms with Crippen LogP contribution in [0, 0.1) is 25.6 Å². The van der Waals surface area contributed by atoms with E-state index < -0.39 is 17.7 Å². The van der Waals surface area contributed by atoms with Gasteiger partial charge < -0.3 is 9.64 Å². The van der Waals surface area contributed by atoms with E-state index in [1.807, 2.05) is 26.0 Å². The summed E-state index contributed by atoms with van der Waals surface area (Å²) in [5.41, 5.74) is 2.50. The van der Waals surface area contributed by atoms with Crippen LogP contribution in [-0.4, -0.2) is 30.8 Å². The molecule has 6 heteroatoms. The lowest BCUT2D eigenvalue weighted by Crippen LogP contribution is -2.28. The highest BCUT2D eigenvalue weighted by Crippen LogP contribution is 2.27. The standard InChI is InChI=1S/C21H20FNO4/c1-13-7-8-16(14(2)9-13)19(24)12-27-21(26)15-10-20(25)23(11-15)18-6-4-3-5-17(18)22/h3-9,15H,10-12H2,1-2H3/t15-/m1/s1. The van der Waals surface area contributed by atoms with Crippen LogP contribution in [0.15, 0.2) is 42.5 Å². The molecule has 27 heavy (non-hydrogen) atoms. The molecule has 0 aromatic heterocycles. The van der Waals surface area contributed by atoms with Crippen LogP contribution in [0.25, 0.3) is 0 Å². The van der Waals surface area contributed by atoms with Crippen molar-refractivity contribution >= 4 is 23.3 Å². The van der Waals surface area contributed by atoms with Crippen molar-refractivity contribution < 1.29 is 23.5 Å². The van der Waals surface area contributed by atoms with Gasteiger partial charge in [-0.1, -0.05) is 35.9 Å². The molecular weight excluding hydrogens is 349 g/mol. The van der Waals surface area contributed by atoms with Crippen LogP contribution in [-0.2, 0) is 14.3 Å². The molecule has 1 heterocycles. The molecule has 5 nitrogen and oxygen atoms in total. The number of nitrogens with zero attached hydrogens (tertiary/aromatic N) is 1. The Morgan fingerprint density at radius 2 is 1.93 bits per heavy atom. The van der Waals surface area contributed by atoms with Gasteiger partial charge in [-0.05, 0) is 31.5 Å². The van der Waals surface area contributed by atoms with E-state index in [-0.39, 0.29) is 37.0 Å². The van der Waals surface area contributed by atoms with Gasteiger partial charge in [-0.15, -0.1) is 0 Å². The van der Waals surface area contributed by atoms with Crippen molar-refractivity contribution in [3.63, 3.8) is 0 Å². The Bertz CT molecular complexity index is 909. The second kappa shape index (κ2) is 7.70. The summed E-state index contributed by atoms with van der Waals surface area (Å²) < 4.78 is 19.0. The van der Waals surface area contributed by atoms with Crippen molar-refractivity contribution in [2.24, 2.45) is 5.92 Å². The first-order valence-corrected chi connectivity index (χ1v) is 8.69. The number of carbonyl (C=O) groups excluding carboxylic acids is 3. The molecule has 0 unspecified atom stereocenters. The normalized spacial score (nSPS) is 16.5. The molecule has 3 rings (SSSR count). The molecule has 2 aromatic rings. The monoisotopic (exact) mass is 369 g/mol. The third-order valence-corrected chi connectivity index (χ3v) is 4.63. The van der Waals surface area contributed by atoms with Gasteiger partial charge in [-0.3, -0.25) is 14.4 Å². The molecule has 0 saturated carbocycles. The van der Waals surface area contributed by atoms with Crippen molar-refractivity contribution in [3.8, 4) is 0 Å². The predicted molar refractivity (Wildman–Crippen MR) is 98.1 cm³/mol. The fourth-order valence-corrected chi connectivity index (χ4v) is 3.23. The number of aryl methyl sites for hydroxylation is 2. The van der Waals surface area contributed by atoms with E-state index in [4.69, 9.17) is 4.74 Å². The molecule has 2 aromatic carbocycles. The molecule has 0 spiro atoms. The van der Waals surface area contributed by atoms with E-state index in [1.54, 1.807) is 12.1 Å². The quantitative estimate of drug-likeness (QED) is 0.600. The second-order valence-electron chi connectivity index (χ2n) is 6.71. The van der Waals surface area contributed by atoms with Crippen molar-refractivity contribution in [2.45, 2.75) is 20.3 Å². The number of hydrogen-bond acceptors (Lipinski definition) is 4. The number of Topliss-reactive ketones (excluding diaryl/α,β-unsaturated/α-hetero) is 1. The second-order valence-corrected chi connectivity index (χ2v) is 6.71. The Kier molecular flexibility index (Phi) is 5.35. The maximum atomic E-state index is 13.9. The fourth-order valence-electron chi connectivity index (χ4n) is 3.23. The summed E-state index contributed by atoms with van der Waals surface area (Å²) >= 11 is 0. The van der Waals surface area contributed by atoms with Gasteiger partial charge in [0, 0.05) is 18.5 Å². The predicted octanol–water partition coefficient (Wildman–Crippen LogP) is 3.22. The number of halogens is 1. The highest BCUT2D eigenvalue weighted by Gasteiger charge is 2.37. The Morgan fingerprint density at radius 3 is 2.63 bits per heavy atom. The molecule has 0 N–H and O–H groups in total. The molecule has 1 saturated heterocycles. The topological polar surface area (TPSA) is 63.7 Å². The lowest BCUT2D eigenvalue weighted by Gasteiger charge is -2.17. The van der Waals surface area contributed by atoms with Crippen LogP contribution in [0.1, 0.15) is 27.9 Å². The molecule has 1 aliphatic heterocycles. The first-order valence-electron chi connectivity index (χ1n) is 8.69. The van der Waals surface area contributed by atoms with E-state index in [0.29, 0.717) is 5.56 Å². The highest BCUT2D eigenvalue weighted by atomic mass is 19.1. The molecule has 1 aliphatic rings. The van der Waals surface area contributed by atoms with Crippen LogP contribution in [0.5, 0.6) is 0 Å². The van der Waals surface area contributed by atoms with Gasteiger partial charge in [0.2, 0.25) is 11.7 Å². The number of amides is 1. The number of benzene rings is 2. The lowest BCUT2D eigenvalue weighted by molar-refractivity contribution is -0.147. The number of hydrogen-bond donors (Lipinski definition) is 0. The SMILES string of the molecule is Cc1ccc(C(=O)COC(=O)[C@@H]2CC(=O)N(c3ccccc3F)C2)c(C)c1. The minimum atomic E-state index is -0.718. The number of para-hydroxylation sites is 1. The lowest BCUT2D eigenvalue weighted by atomic mass is 10.0. The van der Waals surface area contributed by atoms with Crippen molar-refractivity contribution in [1.29, 1.82) is 0 Å². The third kappa shape index (κ3) is 4.05. The molecule has 1 fully saturated rings. The van der Waals surface area contributed by atoms with E-state index in [2.05, 4.69) is 0 Å². The summed E-state index contributed by atoms with van der Waals surface area (Å²) in [5, 5.41) is 0. The van der Waals surface area contributed by atoms with E-state index in [9.17, 15) is 18.8 Å². The number of ketones is 1. The van der Waals surface area contributed by atoms with Crippen molar-refractivity contribution in [2.75, 3.05) is 18.1 Å². The average Bonchev–Trinajstić information content (AvgIpc) is 3.01. The van der Waals surface area contributed by atoms with Gasteiger partial charge in [0.05, 0.1) is 11.6 Å². The highest BCUT2D eigenvalue weighted by molar-refractivity contribution is 6.01. The summed E-state index contributed by atoms with van der Waals surface area (Å²) in [6.07, 6.45) is -0.0646. The largest absolute Gasteiger partial charge is 0.457 e. The van der Waals surface area contributed by atoms with Gasteiger partial charge in [-0.25, -0.2) is 4.39 Å². The van der Waals surface area contributed by atoms with Crippen LogP contribution in [0.4, 0.5) is 10.1 Å². The number of esters is 1. The van der Waals surface area contributed by atoms with E-state index >= 15 is 0 Å². The minimum absolute atomic E-state index is 0.0380. The van der Waals surface area contributed by atoms with Gasteiger partial charge in [0.15, 0.2) is 6.61 Å². The van der Waals surface area contributed by atoms with Gasteiger partial charge in [0.1, 0.15) is 5.82 Å². The van der Waals surface area contributed by atoms with Gasteiger partial charge >= 0.3 is 5.97 Å². The summed E-state index contributed by atoms with van der Waals surface area (Å²) in [5.74, 6) is -2.51. The van der Waals surface area contributed by atoms with E-state index in [1.165, 1.54) is 23.1 Å². The number of anilines is 1. The first-order chi connectivity index (χ1) is 12.9. The Hall–Kier alpha value is -3.02. The Labute approximate surface area is 156 Å². The number of carbonyl (C=O) groups is 3. The molecule has 1 amide bonds. The summed E-state index contributed by atoms with van der Waals surface area (Å²) in [6, 6.07) is 11.3. The Balaban J connectivity index is 1.61. The molecule has 0 radical (unpaired) electrons. The summed E-state index contributed by atoms with van der Waals surface area (Å²) in [7, 11) is 0. The molecular formula is C21H20FNO4. The molecule has 0 aliphatic carbocycles. The zero-order valence-corrected chi connectivity index (χ0v) is 15.2. The average molecular weight is 369 g/mol. The summed E-state index contributed by atoms with van der Waals surface area (Å²) in [4.78, 5) is 38.0. The first kappa shape index (κ1) is 18.8. The summed E-state index contributed by atoms with van der Waals surface area (Å²) in [6.45, 7) is 3.41. The van der Waals surface area contributed by atoms with Gasteiger partial charge in [0.25, 0.3) is 0 Å². The fraction of sp³-hybridized carbons (Fsp3) is 0.286. The van der Waals surface area contributed by atoms with Crippen LogP contribution >= 0.6 is 0 Å². The number of ether oxygens (including phenoxy) is 1. The third-order valence-electron chi connectivity index (χ3n) is 4.63. The maximum Gasteiger partial charge on any atom is 0.311 e. The molecule has 1 atom stereocenters. The van der Waals surface area contributed by atoms with Crippen molar-refractivity contribution in [1.82, 2.24) is 0 Å². The van der Waals surface area contributed by atoms with Crippen LogP contribution in [0.2, 0.25) is 0 Å². The minimum Gasteiger partial charge on any atom is -0.457 e. The zero-order chi connectivity index (χ0) is 19.6. The van der Waals surface area contributed by atoms with Crippen LogP contribution < -0.4 is 4.90 Å². The maximum absolute atomic E-state index is 13.9. The Morgan fingerprint density at radius 1 is 1.19 bits per heavy atom. The van der Waals surface area contributed by atoms with Crippen molar-refractivity contribution in [3.05, 3.63) is 65.0 Å². The van der Waals surface area contributed by atoms with Gasteiger partial charge in [-0.2, -0.15) is 0 Å². The van der Waals surface area contributed by atoms with E-state index in [0.717, 1.165) is 11.1 Å². The zero-order valence-electron chi connectivity index (χ0n) is 15.2. The smallest absolute Gasteiger partial charge is 0.311 e. The molecule has 0 bridgehead atoms.